The molecule has 1 saturated carbocycles. The van der Waals surface area contributed by atoms with E-state index in [1.54, 1.807) is 13.8 Å². The fourth-order valence-corrected chi connectivity index (χ4v) is 4.20. The molecule has 3 fully saturated rings. The summed E-state index contributed by atoms with van der Waals surface area (Å²) in [6, 6.07) is 0. The minimum absolute atomic E-state index is 0.293. The molecule has 0 aromatic heterocycles. The Balaban J connectivity index is 1.97. The van der Waals surface area contributed by atoms with Crippen molar-refractivity contribution in [3.05, 3.63) is 0 Å². The normalized spacial score (nSPS) is 41.8. The number of rotatable bonds is 3. The zero-order valence-corrected chi connectivity index (χ0v) is 15.1. The number of carbonyl (C=O) groups excluding carboxylic acids is 1. The maximum atomic E-state index is 13.1. The monoisotopic (exact) mass is 383 g/mol. The van der Waals surface area contributed by atoms with Gasteiger partial charge in [-0.1, -0.05) is 0 Å². The lowest BCUT2D eigenvalue weighted by atomic mass is 9.81. The van der Waals surface area contributed by atoms with Crippen LogP contribution in [0.15, 0.2) is 0 Å². The lowest BCUT2D eigenvalue weighted by molar-refractivity contribution is -0.459. The van der Waals surface area contributed by atoms with Crippen molar-refractivity contribution in [2.45, 2.75) is 62.2 Å². The number of ether oxygens (including phenoxy) is 4. The summed E-state index contributed by atoms with van der Waals surface area (Å²) in [5.41, 5.74) is -1.07. The van der Waals surface area contributed by atoms with Gasteiger partial charge in [0, 0.05) is 20.1 Å². The average molecular weight is 383 g/mol. The summed E-state index contributed by atoms with van der Waals surface area (Å²) in [5.74, 6) is -5.37. The number of nitrogens with zero attached hydrogens (tertiary/aromatic N) is 1. The fourth-order valence-electron chi connectivity index (χ4n) is 4.20. The van der Waals surface area contributed by atoms with E-state index in [0.717, 1.165) is 4.90 Å². The van der Waals surface area contributed by atoms with Crippen molar-refractivity contribution in [2.24, 2.45) is 5.92 Å². The van der Waals surface area contributed by atoms with Crippen LogP contribution >= 0.6 is 0 Å². The number of fused-ring (bicyclic) bond motifs is 1. The summed E-state index contributed by atoms with van der Waals surface area (Å²) in [6.07, 6.45) is -5.87. The molecule has 2 aliphatic heterocycles. The lowest BCUT2D eigenvalue weighted by Gasteiger charge is -2.58. The van der Waals surface area contributed by atoms with Crippen LogP contribution in [-0.2, 0) is 23.7 Å². The first-order valence-electron chi connectivity index (χ1n) is 8.43. The summed E-state index contributed by atoms with van der Waals surface area (Å²) in [4.78, 5) is 12.8. The Morgan fingerprint density at radius 1 is 1.19 bits per heavy atom. The van der Waals surface area contributed by atoms with Gasteiger partial charge in [-0.3, -0.25) is 4.79 Å². The van der Waals surface area contributed by atoms with E-state index in [2.05, 4.69) is 0 Å². The van der Waals surface area contributed by atoms with E-state index in [1.165, 1.54) is 14.2 Å². The first-order chi connectivity index (χ1) is 12.0. The molecule has 0 aromatic rings. The molecule has 1 spiro atoms. The molecule has 0 aromatic carbocycles. The first-order valence-corrected chi connectivity index (χ1v) is 8.43. The highest BCUT2D eigenvalue weighted by atomic mass is 19.4. The number of methoxy groups -OCH3 is 2. The van der Waals surface area contributed by atoms with Crippen LogP contribution in [-0.4, -0.2) is 78.8 Å². The van der Waals surface area contributed by atoms with Gasteiger partial charge < -0.3 is 29.0 Å². The maximum Gasteiger partial charge on any atom is 0.471 e. The van der Waals surface area contributed by atoms with Crippen molar-refractivity contribution >= 4 is 5.91 Å². The highest BCUT2D eigenvalue weighted by Gasteiger charge is 2.69. The summed E-state index contributed by atoms with van der Waals surface area (Å²) < 4.78 is 62.1. The molecule has 3 aliphatic rings. The zero-order chi connectivity index (χ0) is 19.5. The van der Waals surface area contributed by atoms with E-state index in [9.17, 15) is 23.1 Å². The van der Waals surface area contributed by atoms with Crippen LogP contribution in [0.5, 0.6) is 0 Å². The largest absolute Gasteiger partial charge is 0.471 e. The molecule has 0 radical (unpaired) electrons. The molecule has 1 aliphatic carbocycles. The molecule has 0 unspecified atom stereocenters. The molecule has 26 heavy (non-hydrogen) atoms. The fraction of sp³-hybridized carbons (Fsp3) is 0.938. The molecule has 1 amide bonds. The third-order valence-electron chi connectivity index (χ3n) is 6.14. The van der Waals surface area contributed by atoms with Gasteiger partial charge in [0.15, 0.2) is 0 Å². The number of carbonyl (C=O) groups is 1. The van der Waals surface area contributed by atoms with Crippen molar-refractivity contribution in [1.29, 1.82) is 0 Å². The van der Waals surface area contributed by atoms with Crippen LogP contribution in [0, 0.1) is 5.92 Å². The Morgan fingerprint density at radius 2 is 1.73 bits per heavy atom. The minimum atomic E-state index is -5.00. The molecule has 2 heterocycles. The third kappa shape index (κ3) is 2.65. The van der Waals surface area contributed by atoms with Gasteiger partial charge in [0.1, 0.15) is 6.10 Å². The Labute approximate surface area is 149 Å². The highest BCUT2D eigenvalue weighted by Crippen LogP contribution is 2.56. The maximum absolute atomic E-state index is 13.1. The van der Waals surface area contributed by atoms with Crippen LogP contribution in [0.3, 0.4) is 0 Å². The first kappa shape index (κ1) is 19.8. The second kappa shape index (κ2) is 6.03. The van der Waals surface area contributed by atoms with Gasteiger partial charge in [0.2, 0.25) is 11.6 Å². The molecular formula is C16H24F3NO6. The Bertz CT molecular complexity index is 583. The highest BCUT2D eigenvalue weighted by molar-refractivity contribution is 5.83. The second-order valence-corrected chi connectivity index (χ2v) is 7.34. The SMILES string of the molecule is CO[C@@]1(C)O[C@@H]2[C@@H](CO)C3(CC3)N(C(=O)C(F)(F)F)C[C@H]2O[C@]1(C)OC. The molecule has 10 heteroatoms. The van der Waals surface area contributed by atoms with Crippen LogP contribution in [0.4, 0.5) is 13.2 Å². The Kier molecular flexibility index (Phi) is 4.60. The molecule has 7 nitrogen and oxygen atoms in total. The van der Waals surface area contributed by atoms with Crippen molar-refractivity contribution < 1.29 is 42.0 Å². The van der Waals surface area contributed by atoms with Crippen LogP contribution < -0.4 is 0 Å². The molecule has 2 saturated heterocycles. The molecule has 150 valence electrons. The third-order valence-corrected chi connectivity index (χ3v) is 6.14. The van der Waals surface area contributed by atoms with Crippen LogP contribution in [0.2, 0.25) is 0 Å². The number of piperidine rings is 1. The van der Waals surface area contributed by atoms with Crippen LogP contribution in [0.1, 0.15) is 26.7 Å². The molecule has 1 N–H and O–H groups in total. The average Bonchev–Trinajstić information content (AvgIpc) is 3.36. The second-order valence-electron chi connectivity index (χ2n) is 7.34. The molecule has 0 bridgehead atoms. The Hall–Kier alpha value is -0.940. The molecular weight excluding hydrogens is 359 g/mol. The summed E-state index contributed by atoms with van der Waals surface area (Å²) in [7, 11) is 2.78. The smallest absolute Gasteiger partial charge is 0.396 e. The number of amides is 1. The van der Waals surface area contributed by atoms with E-state index in [0.29, 0.717) is 12.8 Å². The topological polar surface area (TPSA) is 77.5 Å². The van der Waals surface area contributed by atoms with Gasteiger partial charge in [-0.05, 0) is 26.7 Å². The molecule has 5 atom stereocenters. The van der Waals surface area contributed by atoms with Crippen molar-refractivity contribution in [3.63, 3.8) is 0 Å². The van der Waals surface area contributed by atoms with Crippen LogP contribution in [0.25, 0.3) is 0 Å². The van der Waals surface area contributed by atoms with E-state index in [1.807, 2.05) is 0 Å². The molecule has 3 rings (SSSR count). The number of alkyl halides is 3. The number of hydrogen-bond donors (Lipinski definition) is 1. The van der Waals surface area contributed by atoms with E-state index < -0.39 is 53.9 Å². The lowest BCUT2D eigenvalue weighted by Crippen LogP contribution is -2.73. The summed E-state index contributed by atoms with van der Waals surface area (Å²) >= 11 is 0. The number of halogens is 3. The van der Waals surface area contributed by atoms with Gasteiger partial charge >= 0.3 is 12.1 Å². The van der Waals surface area contributed by atoms with Gasteiger partial charge in [-0.25, -0.2) is 0 Å². The Morgan fingerprint density at radius 3 is 2.15 bits per heavy atom. The number of likely N-dealkylation sites (tertiary alicyclic amines) is 1. The quantitative estimate of drug-likeness (QED) is 0.785. The summed E-state index contributed by atoms with van der Waals surface area (Å²) in [6.45, 7) is 2.43. The summed E-state index contributed by atoms with van der Waals surface area (Å²) in [5, 5.41) is 9.91. The van der Waals surface area contributed by atoms with E-state index in [-0.39, 0.29) is 6.54 Å². The van der Waals surface area contributed by atoms with Gasteiger partial charge in [0.25, 0.3) is 0 Å². The van der Waals surface area contributed by atoms with Crippen molar-refractivity contribution in [1.82, 2.24) is 4.90 Å². The van der Waals surface area contributed by atoms with Gasteiger partial charge in [-0.2, -0.15) is 13.2 Å². The minimum Gasteiger partial charge on any atom is -0.396 e. The number of hydrogen-bond acceptors (Lipinski definition) is 6. The standard InChI is InChI=1S/C16H24F3NO6/c1-13(23-3)14(2,24-4)26-11-9(8-21)15(5-6-15)20(7-10(11)25-13)12(22)16(17,18)19/h9-11,21H,5-8H2,1-4H3/t9-,10-,11-,13+,14+/m1/s1. The van der Waals surface area contributed by atoms with Crippen molar-refractivity contribution in [2.75, 3.05) is 27.4 Å². The number of aliphatic hydroxyl groups is 1. The van der Waals surface area contributed by atoms with E-state index >= 15 is 0 Å². The zero-order valence-electron chi connectivity index (χ0n) is 15.1. The van der Waals surface area contributed by atoms with Gasteiger partial charge in [0.05, 0.1) is 24.8 Å². The van der Waals surface area contributed by atoms with E-state index in [4.69, 9.17) is 18.9 Å². The number of aliphatic hydroxyl groups excluding tert-OH is 1. The van der Waals surface area contributed by atoms with Crippen molar-refractivity contribution in [3.8, 4) is 0 Å². The predicted octanol–water partition coefficient (Wildman–Crippen LogP) is 1.04. The predicted molar refractivity (Wildman–Crippen MR) is 80.9 cm³/mol. The van der Waals surface area contributed by atoms with Gasteiger partial charge in [-0.15, -0.1) is 0 Å².